The van der Waals surface area contributed by atoms with Gasteiger partial charge in [-0.1, -0.05) is 6.92 Å². The smallest absolute Gasteiger partial charge is 0.134 e. The Hall–Kier alpha value is -0.410. The molecule has 1 aliphatic carbocycles. The molecule has 1 atom stereocenters. The van der Waals surface area contributed by atoms with Crippen LogP contribution in [0, 0.1) is 0 Å². The normalized spacial score (nSPS) is 32.7. The zero-order chi connectivity index (χ0) is 10.2. The molecule has 2 rings (SSSR count). The highest BCUT2D eigenvalue weighted by Crippen LogP contribution is 2.31. The van der Waals surface area contributed by atoms with Crippen LogP contribution in [0.5, 0.6) is 0 Å². The predicted octanol–water partition coefficient (Wildman–Crippen LogP) is 0.955. The topological polar surface area (TPSA) is 40.5 Å². The highest BCUT2D eigenvalue weighted by molar-refractivity contribution is 5.79. The van der Waals surface area contributed by atoms with E-state index in [2.05, 4.69) is 4.90 Å². The zero-order valence-electron chi connectivity index (χ0n) is 8.83. The second-order valence-electron chi connectivity index (χ2n) is 4.77. The van der Waals surface area contributed by atoms with Gasteiger partial charge in [0.25, 0.3) is 0 Å². The summed E-state index contributed by atoms with van der Waals surface area (Å²) in [6, 6.07) is 0.420. The number of rotatable bonds is 2. The Morgan fingerprint density at radius 1 is 1.57 bits per heavy atom. The summed E-state index contributed by atoms with van der Waals surface area (Å²) in [5, 5.41) is 9.86. The van der Waals surface area contributed by atoms with Crippen LogP contribution in [-0.2, 0) is 4.79 Å². The SMILES string of the molecule is CCC1(O)CN(C2CCCC(=O)C2)C1. The number of hydrogen-bond acceptors (Lipinski definition) is 3. The van der Waals surface area contributed by atoms with Gasteiger partial charge >= 0.3 is 0 Å². The quantitative estimate of drug-likeness (QED) is 0.716. The van der Waals surface area contributed by atoms with Crippen LogP contribution in [0.3, 0.4) is 0 Å². The average molecular weight is 197 g/mol. The summed E-state index contributed by atoms with van der Waals surface area (Å²) in [6.45, 7) is 3.55. The van der Waals surface area contributed by atoms with Crippen molar-refractivity contribution in [1.82, 2.24) is 4.90 Å². The first-order chi connectivity index (χ1) is 6.63. The Morgan fingerprint density at radius 3 is 2.86 bits per heavy atom. The summed E-state index contributed by atoms with van der Waals surface area (Å²) in [7, 11) is 0. The number of carbonyl (C=O) groups is 1. The molecule has 0 aromatic rings. The van der Waals surface area contributed by atoms with Crippen molar-refractivity contribution in [2.45, 2.75) is 50.7 Å². The fourth-order valence-electron chi connectivity index (χ4n) is 2.51. The van der Waals surface area contributed by atoms with Gasteiger partial charge in [0.2, 0.25) is 0 Å². The number of likely N-dealkylation sites (tertiary alicyclic amines) is 1. The molecule has 0 spiro atoms. The molecule has 0 aromatic heterocycles. The molecule has 0 bridgehead atoms. The summed E-state index contributed by atoms with van der Waals surface area (Å²) in [6.07, 6.45) is 4.46. The highest BCUT2D eigenvalue weighted by Gasteiger charge is 2.43. The standard InChI is InChI=1S/C11H19NO2/c1-2-11(14)7-12(8-11)9-4-3-5-10(13)6-9/h9,14H,2-8H2,1H3. The van der Waals surface area contributed by atoms with E-state index in [1.165, 1.54) is 0 Å². The Balaban J connectivity index is 1.84. The zero-order valence-corrected chi connectivity index (χ0v) is 8.83. The van der Waals surface area contributed by atoms with E-state index >= 15 is 0 Å². The van der Waals surface area contributed by atoms with Gasteiger partial charge in [-0.25, -0.2) is 0 Å². The summed E-state index contributed by atoms with van der Waals surface area (Å²) in [5.41, 5.74) is -0.458. The molecule has 0 amide bonds. The summed E-state index contributed by atoms with van der Waals surface area (Å²) in [4.78, 5) is 13.5. The lowest BCUT2D eigenvalue weighted by Crippen LogP contribution is -2.64. The van der Waals surface area contributed by atoms with Gasteiger partial charge in [0.1, 0.15) is 5.78 Å². The molecule has 0 aromatic carbocycles. The summed E-state index contributed by atoms with van der Waals surface area (Å²) >= 11 is 0. The highest BCUT2D eigenvalue weighted by atomic mass is 16.3. The lowest BCUT2D eigenvalue weighted by molar-refractivity contribution is -0.135. The number of hydrogen-bond donors (Lipinski definition) is 1. The maximum Gasteiger partial charge on any atom is 0.134 e. The summed E-state index contributed by atoms with van der Waals surface area (Å²) in [5.74, 6) is 0.396. The minimum atomic E-state index is -0.458. The second-order valence-corrected chi connectivity index (χ2v) is 4.77. The molecule has 1 saturated heterocycles. The van der Waals surface area contributed by atoms with E-state index in [-0.39, 0.29) is 0 Å². The number of carbonyl (C=O) groups excluding carboxylic acids is 1. The lowest BCUT2D eigenvalue weighted by Gasteiger charge is -2.50. The number of aliphatic hydroxyl groups is 1. The molecular weight excluding hydrogens is 178 g/mol. The molecule has 0 radical (unpaired) electrons. The van der Waals surface area contributed by atoms with Crippen LogP contribution < -0.4 is 0 Å². The lowest BCUT2D eigenvalue weighted by atomic mass is 9.85. The van der Waals surface area contributed by atoms with Crippen molar-refractivity contribution in [2.75, 3.05) is 13.1 Å². The van der Waals surface area contributed by atoms with Gasteiger partial charge in [0.05, 0.1) is 5.60 Å². The van der Waals surface area contributed by atoms with E-state index in [9.17, 15) is 9.90 Å². The number of ketones is 1. The fourth-order valence-corrected chi connectivity index (χ4v) is 2.51. The van der Waals surface area contributed by atoms with Crippen LogP contribution in [0.2, 0.25) is 0 Å². The largest absolute Gasteiger partial charge is 0.387 e. The molecule has 1 aliphatic heterocycles. The number of Topliss-reactive ketones (excluding diaryl/α,β-unsaturated/α-hetero) is 1. The van der Waals surface area contributed by atoms with Crippen molar-refractivity contribution in [3.63, 3.8) is 0 Å². The third kappa shape index (κ3) is 1.84. The van der Waals surface area contributed by atoms with Crippen molar-refractivity contribution < 1.29 is 9.90 Å². The summed E-state index contributed by atoms with van der Waals surface area (Å²) < 4.78 is 0. The molecule has 1 saturated carbocycles. The van der Waals surface area contributed by atoms with E-state index in [0.717, 1.165) is 38.8 Å². The van der Waals surface area contributed by atoms with E-state index in [1.807, 2.05) is 6.92 Å². The van der Waals surface area contributed by atoms with E-state index in [4.69, 9.17) is 0 Å². The maximum absolute atomic E-state index is 11.3. The van der Waals surface area contributed by atoms with Gasteiger partial charge in [-0.3, -0.25) is 9.69 Å². The maximum atomic E-state index is 11.3. The van der Waals surface area contributed by atoms with Crippen molar-refractivity contribution in [3.05, 3.63) is 0 Å². The van der Waals surface area contributed by atoms with Crippen LogP contribution in [0.4, 0.5) is 0 Å². The molecule has 1 N–H and O–H groups in total. The van der Waals surface area contributed by atoms with Gasteiger partial charge in [-0.15, -0.1) is 0 Å². The van der Waals surface area contributed by atoms with Crippen LogP contribution in [-0.4, -0.2) is 40.5 Å². The third-order valence-corrected chi connectivity index (χ3v) is 3.63. The van der Waals surface area contributed by atoms with Crippen LogP contribution in [0.15, 0.2) is 0 Å². The first kappa shape index (κ1) is 10.1. The molecule has 3 heteroatoms. The van der Waals surface area contributed by atoms with Gasteiger partial charge in [0.15, 0.2) is 0 Å². The molecule has 80 valence electrons. The Morgan fingerprint density at radius 2 is 2.29 bits per heavy atom. The van der Waals surface area contributed by atoms with Crippen LogP contribution in [0.25, 0.3) is 0 Å². The van der Waals surface area contributed by atoms with Gasteiger partial charge in [-0.2, -0.15) is 0 Å². The van der Waals surface area contributed by atoms with E-state index in [0.29, 0.717) is 18.2 Å². The van der Waals surface area contributed by atoms with E-state index < -0.39 is 5.60 Å². The van der Waals surface area contributed by atoms with Crippen LogP contribution in [0.1, 0.15) is 39.0 Å². The van der Waals surface area contributed by atoms with Gasteiger partial charge in [0, 0.05) is 32.0 Å². The van der Waals surface area contributed by atoms with Crippen molar-refractivity contribution >= 4 is 5.78 Å². The molecule has 1 heterocycles. The van der Waals surface area contributed by atoms with Crippen LogP contribution >= 0.6 is 0 Å². The molecule has 2 aliphatic rings. The minimum Gasteiger partial charge on any atom is -0.387 e. The van der Waals surface area contributed by atoms with Crippen molar-refractivity contribution in [3.8, 4) is 0 Å². The Kier molecular flexibility index (Phi) is 2.62. The monoisotopic (exact) mass is 197 g/mol. The number of β-amino-alcohol motifs (C(OH)–C–C–N with tert-alkyl or cyclic N) is 1. The predicted molar refractivity (Wildman–Crippen MR) is 54.1 cm³/mol. The molecule has 14 heavy (non-hydrogen) atoms. The third-order valence-electron chi connectivity index (χ3n) is 3.63. The van der Waals surface area contributed by atoms with Gasteiger partial charge in [-0.05, 0) is 19.3 Å². The Labute approximate surface area is 85.1 Å². The molecule has 1 unspecified atom stereocenters. The Bertz CT molecular complexity index is 233. The number of nitrogens with zero attached hydrogens (tertiary/aromatic N) is 1. The second kappa shape index (κ2) is 3.63. The van der Waals surface area contributed by atoms with Gasteiger partial charge < -0.3 is 5.11 Å². The fraction of sp³-hybridized carbons (Fsp3) is 0.909. The molecule has 3 nitrogen and oxygen atoms in total. The molecular formula is C11H19NO2. The molecule has 2 fully saturated rings. The first-order valence-corrected chi connectivity index (χ1v) is 5.61. The van der Waals surface area contributed by atoms with Crippen molar-refractivity contribution in [2.24, 2.45) is 0 Å². The average Bonchev–Trinajstić information content (AvgIpc) is 2.13. The van der Waals surface area contributed by atoms with Crippen molar-refractivity contribution in [1.29, 1.82) is 0 Å². The van der Waals surface area contributed by atoms with E-state index in [1.54, 1.807) is 0 Å². The minimum absolute atomic E-state index is 0.396. The first-order valence-electron chi connectivity index (χ1n) is 5.61.